The Labute approximate surface area is 70.5 Å². The molecule has 0 aliphatic carbocycles. The Morgan fingerprint density at radius 3 is 2.42 bits per heavy atom. The van der Waals surface area contributed by atoms with Crippen molar-refractivity contribution in [3.05, 3.63) is 18.6 Å². The van der Waals surface area contributed by atoms with Crippen molar-refractivity contribution in [2.75, 3.05) is 0 Å². The van der Waals surface area contributed by atoms with Gasteiger partial charge in [-0.2, -0.15) is 0 Å². The summed E-state index contributed by atoms with van der Waals surface area (Å²) in [6, 6.07) is 0. The van der Waals surface area contributed by atoms with E-state index in [0.29, 0.717) is 12.8 Å². The number of rotatable bonds is 6. The molecule has 0 unspecified atom stereocenters. The number of hydrogen-bond donors (Lipinski definition) is 2. The van der Waals surface area contributed by atoms with Gasteiger partial charge in [0.25, 0.3) is 0 Å². The Bertz CT molecular complexity index is 183. The van der Waals surface area contributed by atoms with Crippen LogP contribution in [0.2, 0.25) is 0 Å². The van der Waals surface area contributed by atoms with Crippen molar-refractivity contribution in [3.63, 3.8) is 0 Å². The minimum absolute atomic E-state index is 0.122. The highest BCUT2D eigenvalue weighted by molar-refractivity contribution is 5.79. The number of aliphatic carboxylic acids is 2. The largest absolute Gasteiger partial charge is 0.481 e. The topological polar surface area (TPSA) is 74.6 Å². The Kier molecular flexibility index (Phi) is 5.69. The van der Waals surface area contributed by atoms with Crippen LogP contribution in [0, 0.1) is 6.42 Å². The van der Waals surface area contributed by atoms with Crippen molar-refractivity contribution in [2.45, 2.75) is 19.3 Å². The lowest BCUT2D eigenvalue weighted by atomic mass is 10.2. The maximum Gasteiger partial charge on any atom is 0.311 e. The second-order valence-electron chi connectivity index (χ2n) is 2.22. The summed E-state index contributed by atoms with van der Waals surface area (Å²) >= 11 is 0. The first-order valence-electron chi connectivity index (χ1n) is 3.57. The van der Waals surface area contributed by atoms with Gasteiger partial charge in [0.05, 0.1) is 6.42 Å². The fourth-order valence-electron chi connectivity index (χ4n) is 0.618. The van der Waals surface area contributed by atoms with Crippen LogP contribution in [0.1, 0.15) is 19.3 Å². The van der Waals surface area contributed by atoms with Crippen molar-refractivity contribution in [1.82, 2.24) is 0 Å². The molecular weight excluding hydrogens is 160 g/mol. The highest BCUT2D eigenvalue weighted by atomic mass is 16.4. The van der Waals surface area contributed by atoms with E-state index in [9.17, 15) is 9.59 Å². The quantitative estimate of drug-likeness (QED) is 0.586. The molecule has 0 aromatic rings. The molecule has 2 N–H and O–H groups in total. The molecule has 0 aliphatic rings. The predicted molar refractivity (Wildman–Crippen MR) is 42.6 cm³/mol. The van der Waals surface area contributed by atoms with Crippen molar-refractivity contribution < 1.29 is 19.8 Å². The van der Waals surface area contributed by atoms with Gasteiger partial charge in [0.1, 0.15) is 0 Å². The van der Waals surface area contributed by atoms with Gasteiger partial charge in [-0.05, 0) is 12.8 Å². The summed E-state index contributed by atoms with van der Waals surface area (Å²) in [7, 11) is 0. The first-order valence-corrected chi connectivity index (χ1v) is 3.57. The van der Waals surface area contributed by atoms with Gasteiger partial charge < -0.3 is 10.2 Å². The van der Waals surface area contributed by atoms with E-state index in [1.54, 1.807) is 6.08 Å². The van der Waals surface area contributed by atoms with Crippen molar-refractivity contribution in [1.29, 1.82) is 0 Å². The highest BCUT2D eigenvalue weighted by Gasteiger charge is 1.94. The van der Waals surface area contributed by atoms with Crippen molar-refractivity contribution in [3.8, 4) is 0 Å². The summed E-state index contributed by atoms with van der Waals surface area (Å²) < 4.78 is 0. The third-order valence-corrected chi connectivity index (χ3v) is 1.14. The highest BCUT2D eigenvalue weighted by Crippen LogP contribution is 1.96. The van der Waals surface area contributed by atoms with Gasteiger partial charge in [0, 0.05) is 6.42 Å². The summed E-state index contributed by atoms with van der Waals surface area (Å²) in [6.07, 6.45) is 5.31. The molecule has 0 fully saturated rings. The van der Waals surface area contributed by atoms with Crippen LogP contribution < -0.4 is 0 Å². The summed E-state index contributed by atoms with van der Waals surface area (Å²) in [5, 5.41) is 16.4. The monoisotopic (exact) mass is 171 g/mol. The lowest BCUT2D eigenvalue weighted by molar-refractivity contribution is -0.137. The zero-order valence-corrected chi connectivity index (χ0v) is 6.56. The molecule has 0 saturated heterocycles. The van der Waals surface area contributed by atoms with Crippen molar-refractivity contribution in [2.24, 2.45) is 0 Å². The molecule has 0 aromatic heterocycles. The van der Waals surface area contributed by atoms with Gasteiger partial charge in [-0.3, -0.25) is 9.59 Å². The van der Waals surface area contributed by atoms with E-state index in [1.165, 1.54) is 6.08 Å². The van der Waals surface area contributed by atoms with E-state index < -0.39 is 11.9 Å². The number of allylic oxidation sites excluding steroid dienone is 1. The number of hydrogen-bond acceptors (Lipinski definition) is 2. The third-order valence-electron chi connectivity index (χ3n) is 1.14. The normalized spacial score (nSPS) is 10.3. The molecule has 67 valence electrons. The number of unbranched alkanes of at least 4 members (excludes halogenated alkanes) is 1. The molecule has 4 heteroatoms. The van der Waals surface area contributed by atoms with Gasteiger partial charge >= 0.3 is 11.9 Å². The van der Waals surface area contributed by atoms with Crippen LogP contribution in [-0.4, -0.2) is 22.2 Å². The lowest BCUT2D eigenvalue weighted by Crippen LogP contribution is -1.93. The summed E-state index contributed by atoms with van der Waals surface area (Å²) in [5.41, 5.74) is 0. The summed E-state index contributed by atoms with van der Waals surface area (Å²) in [4.78, 5) is 20.0. The maximum absolute atomic E-state index is 10.0. The Balaban J connectivity index is 3.25. The zero-order chi connectivity index (χ0) is 9.40. The van der Waals surface area contributed by atoms with E-state index in [2.05, 4.69) is 0 Å². The first kappa shape index (κ1) is 10.7. The molecule has 1 radical (unpaired) electrons. The fourth-order valence-corrected chi connectivity index (χ4v) is 0.618. The Morgan fingerprint density at radius 1 is 1.25 bits per heavy atom. The smallest absolute Gasteiger partial charge is 0.311 e. The second-order valence-corrected chi connectivity index (χ2v) is 2.22. The van der Waals surface area contributed by atoms with Crippen LogP contribution in [0.5, 0.6) is 0 Å². The van der Waals surface area contributed by atoms with Gasteiger partial charge in [0.15, 0.2) is 0 Å². The molecule has 0 aliphatic heterocycles. The molecule has 0 bridgehead atoms. The zero-order valence-electron chi connectivity index (χ0n) is 6.56. The SMILES string of the molecule is O=C(O)[CH]/C=C/CCCC(=O)O. The van der Waals surface area contributed by atoms with Gasteiger partial charge in [-0.1, -0.05) is 12.2 Å². The van der Waals surface area contributed by atoms with Gasteiger partial charge in [0.2, 0.25) is 0 Å². The van der Waals surface area contributed by atoms with Gasteiger partial charge in [-0.25, -0.2) is 0 Å². The lowest BCUT2D eigenvalue weighted by Gasteiger charge is -1.89. The van der Waals surface area contributed by atoms with Crippen molar-refractivity contribution >= 4 is 11.9 Å². The van der Waals surface area contributed by atoms with E-state index in [-0.39, 0.29) is 6.42 Å². The molecule has 0 rings (SSSR count). The van der Waals surface area contributed by atoms with E-state index in [4.69, 9.17) is 10.2 Å². The molecule has 4 nitrogen and oxygen atoms in total. The van der Waals surface area contributed by atoms with E-state index in [0.717, 1.165) is 6.42 Å². The second kappa shape index (κ2) is 6.39. The fraction of sp³-hybridized carbons (Fsp3) is 0.375. The standard InChI is InChI=1S/C8H11O4/c9-7(10)5-3-1-2-4-6-8(11)12/h1,3,5H,2,4,6H2,(H,9,10)(H,11,12)/b3-1+. The average molecular weight is 171 g/mol. The van der Waals surface area contributed by atoms with Crippen LogP contribution in [0.15, 0.2) is 12.2 Å². The summed E-state index contributed by atoms with van der Waals surface area (Å²) in [6.45, 7) is 0. The minimum atomic E-state index is -0.996. The molecule has 0 spiro atoms. The third kappa shape index (κ3) is 8.68. The maximum atomic E-state index is 10.0. The van der Waals surface area contributed by atoms with Crippen LogP contribution >= 0.6 is 0 Å². The Hall–Kier alpha value is -1.32. The molecular formula is C8H11O4. The molecule has 0 amide bonds. The molecule has 0 aromatic carbocycles. The van der Waals surface area contributed by atoms with Crippen LogP contribution in [-0.2, 0) is 9.59 Å². The number of carboxylic acids is 2. The van der Waals surface area contributed by atoms with Crippen LogP contribution in [0.25, 0.3) is 0 Å². The summed E-state index contributed by atoms with van der Waals surface area (Å²) in [5.74, 6) is -1.82. The van der Waals surface area contributed by atoms with Crippen LogP contribution in [0.4, 0.5) is 0 Å². The number of carboxylic acid groups (broad SMARTS) is 2. The van der Waals surface area contributed by atoms with E-state index in [1.807, 2.05) is 0 Å². The van der Waals surface area contributed by atoms with Gasteiger partial charge in [-0.15, -0.1) is 0 Å². The molecule has 0 heterocycles. The molecule has 0 saturated carbocycles. The average Bonchev–Trinajstić information content (AvgIpc) is 1.95. The Morgan fingerprint density at radius 2 is 1.92 bits per heavy atom. The first-order chi connectivity index (χ1) is 5.63. The molecule has 0 atom stereocenters. The molecule has 12 heavy (non-hydrogen) atoms. The minimum Gasteiger partial charge on any atom is -0.481 e. The predicted octanol–water partition coefficient (Wildman–Crippen LogP) is 1.09. The van der Waals surface area contributed by atoms with Crippen LogP contribution in [0.3, 0.4) is 0 Å². The number of carbonyl (C=O) groups is 2. The van der Waals surface area contributed by atoms with E-state index >= 15 is 0 Å².